The molecule has 0 saturated heterocycles. The third kappa shape index (κ3) is 10.1. The van der Waals surface area contributed by atoms with E-state index in [1.165, 1.54) is 83.5 Å². The summed E-state index contributed by atoms with van der Waals surface area (Å²) in [6, 6.07) is 39.2. The molecule has 2 aliphatic heterocycles. The molecule has 4 aromatic carbocycles. The van der Waals surface area contributed by atoms with Crippen LogP contribution in [0, 0.1) is 0 Å². The number of hydrogen-bond donors (Lipinski definition) is 2. The topological polar surface area (TPSA) is 57.4 Å². The molecular weight excluding hydrogens is 938 g/mol. The van der Waals surface area contributed by atoms with Crippen LogP contribution in [0.2, 0.25) is 0 Å². The van der Waals surface area contributed by atoms with E-state index < -0.39 is 0 Å². The first kappa shape index (κ1) is 53.4. The predicted octanol–water partition coefficient (Wildman–Crippen LogP) is 20.1. The van der Waals surface area contributed by atoms with E-state index in [2.05, 4.69) is 242 Å². The van der Waals surface area contributed by atoms with Gasteiger partial charge >= 0.3 is 0 Å². The second-order valence-electron chi connectivity index (χ2n) is 23.1. The number of H-pyrrole nitrogens is 2. The molecule has 3 aromatic heterocycles. The summed E-state index contributed by atoms with van der Waals surface area (Å²) in [6.45, 7) is 37.7. The number of fused-ring (bicyclic) bond motifs is 8. The molecule has 0 radical (unpaired) electrons. The average molecular weight is 1020 g/mol. The first-order valence-corrected chi connectivity index (χ1v) is 27.0. The van der Waals surface area contributed by atoms with Gasteiger partial charge in [0.25, 0.3) is 0 Å². The molecule has 0 saturated carbocycles. The second kappa shape index (κ2) is 21.5. The smallest absolute Gasteiger partial charge is 0.0815 e. The van der Waals surface area contributed by atoms with Crippen LogP contribution in [0.5, 0.6) is 0 Å². The van der Waals surface area contributed by atoms with Crippen molar-refractivity contribution in [2.45, 2.75) is 158 Å². The molecule has 0 atom stereocenters. The monoisotopic (exact) mass is 1010 g/mol. The van der Waals surface area contributed by atoms with Crippen molar-refractivity contribution >= 4 is 45.9 Å². The summed E-state index contributed by atoms with van der Waals surface area (Å²) in [7, 11) is 0. The van der Waals surface area contributed by atoms with Crippen LogP contribution in [0.25, 0.3) is 79.2 Å². The van der Waals surface area contributed by atoms with Gasteiger partial charge in [-0.15, -0.1) is 0 Å². The van der Waals surface area contributed by atoms with Gasteiger partial charge < -0.3 is 9.97 Å². The Morgan fingerprint density at radius 2 is 0.671 bits per heavy atom. The molecule has 2 aliphatic rings. The Morgan fingerprint density at radius 3 is 1.07 bits per heavy atom. The Kier molecular flexibility index (Phi) is 15.7. The summed E-state index contributed by atoms with van der Waals surface area (Å²) in [5.74, 6) is 2.00. The molecule has 0 amide bonds. The fourth-order valence-corrected chi connectivity index (χ4v) is 11.6. The Labute approximate surface area is 450 Å². The van der Waals surface area contributed by atoms with Crippen LogP contribution in [-0.2, 0) is 19.5 Å². The summed E-state index contributed by atoms with van der Waals surface area (Å²) in [5, 5.41) is 0. The van der Waals surface area contributed by atoms with Crippen LogP contribution >= 0.6 is 0 Å². The summed E-state index contributed by atoms with van der Waals surface area (Å²) in [4.78, 5) is 19.5. The zero-order valence-corrected chi connectivity index (χ0v) is 49.7. The number of aromatic amines is 2. The Morgan fingerprint density at radius 1 is 0.329 bits per heavy atom. The molecule has 0 aliphatic carbocycles. The summed E-state index contributed by atoms with van der Waals surface area (Å²) in [5.41, 5.74) is 28.6. The molecule has 5 heteroatoms. The third-order valence-corrected chi connectivity index (χ3v) is 15.1. The van der Waals surface area contributed by atoms with Gasteiger partial charge in [0.15, 0.2) is 0 Å². The Hall–Kier alpha value is -5.90. The number of nitrogens with zero attached hydrogens (tertiary/aromatic N) is 2. The minimum Gasteiger partial charge on any atom is -0.355 e. The van der Waals surface area contributed by atoms with Gasteiger partial charge in [-0.05, 0) is 163 Å². The van der Waals surface area contributed by atoms with Gasteiger partial charge in [0.1, 0.15) is 0 Å². The van der Waals surface area contributed by atoms with Gasteiger partial charge in [-0.3, -0.25) is 0 Å². The van der Waals surface area contributed by atoms with Crippen molar-refractivity contribution in [1.29, 1.82) is 0 Å². The van der Waals surface area contributed by atoms with E-state index in [0.717, 1.165) is 50.4 Å². The summed E-state index contributed by atoms with van der Waals surface area (Å²) >= 11 is 0. The number of benzene rings is 4. The van der Waals surface area contributed by atoms with E-state index in [4.69, 9.17) is 9.97 Å². The molecule has 7 aromatic rings. The van der Waals surface area contributed by atoms with E-state index >= 15 is 0 Å². The number of nitrogens with one attached hydrogen (secondary N) is 2. The second-order valence-corrected chi connectivity index (χ2v) is 23.1. The van der Waals surface area contributed by atoms with Crippen molar-refractivity contribution in [3.63, 3.8) is 0 Å². The molecule has 0 spiro atoms. The molecule has 0 fully saturated rings. The van der Waals surface area contributed by atoms with E-state index in [1.54, 1.807) is 0 Å². The van der Waals surface area contributed by atoms with Gasteiger partial charge in [0, 0.05) is 58.3 Å². The van der Waals surface area contributed by atoms with Gasteiger partial charge in [0.2, 0.25) is 0 Å². The van der Waals surface area contributed by atoms with E-state index in [1.807, 2.05) is 0 Å². The van der Waals surface area contributed by atoms with Gasteiger partial charge in [-0.1, -0.05) is 184 Å². The minimum atomic E-state index is 0. The van der Waals surface area contributed by atoms with Gasteiger partial charge in [-0.25, -0.2) is 9.97 Å². The number of aromatic nitrogens is 4. The van der Waals surface area contributed by atoms with Crippen molar-refractivity contribution in [3.8, 4) is 33.4 Å². The summed E-state index contributed by atoms with van der Waals surface area (Å²) in [6.07, 6.45) is 6.72. The van der Waals surface area contributed by atoms with Crippen molar-refractivity contribution < 1.29 is 19.5 Å². The first-order chi connectivity index (χ1) is 34.3. The normalized spacial score (nSPS) is 12.7. The maximum absolute atomic E-state index is 6.03. The maximum Gasteiger partial charge on any atom is 0.0815 e. The minimum absolute atomic E-state index is 0. The zero-order valence-electron chi connectivity index (χ0n) is 46.8. The van der Waals surface area contributed by atoms with Crippen LogP contribution in [0.3, 0.4) is 0 Å². The van der Waals surface area contributed by atoms with Crippen LogP contribution in [0.1, 0.15) is 231 Å². The molecule has 372 valence electrons. The predicted molar refractivity (Wildman–Crippen MR) is 312 cm³/mol. The largest absolute Gasteiger partial charge is 0.355 e. The third-order valence-electron chi connectivity index (χ3n) is 15.1. The van der Waals surface area contributed by atoms with Gasteiger partial charge in [0.05, 0.1) is 28.3 Å². The Balaban J connectivity index is 0.00000711. The molecule has 9 rings (SSSR count). The van der Waals surface area contributed by atoms with Crippen LogP contribution in [-0.4, -0.2) is 19.9 Å². The van der Waals surface area contributed by atoms with E-state index in [0.29, 0.717) is 0 Å². The van der Waals surface area contributed by atoms with Crippen LogP contribution in [0.15, 0.2) is 103 Å². The molecule has 73 heavy (non-hydrogen) atoms. The molecule has 5 heterocycles. The van der Waals surface area contributed by atoms with E-state index in [-0.39, 0.29) is 66.8 Å². The Bertz CT molecular complexity index is 3330. The summed E-state index contributed by atoms with van der Waals surface area (Å²) < 4.78 is 0. The molecular formula is C68H78N4Zn. The standard InChI is InChI=1S/C68H78N4.Zn/c1-37(2)50-21-17-22-51(38(3)4)60(50)58-35-49-34-47-30-29-45(69-47)33-46-31-32-48(70-46)36-59-64(61-52(39(5)6)23-18-24-53(61)40(7)8)65(62-54(41(9)10)25-19-26-55(62)42(11)12)68(72-59)66(67(58)71-49)63-56(43(13)14)27-20-28-57(63)44(15)16;/h17-44,69,72H,1-16H3;. The zero-order chi connectivity index (χ0) is 51.4. The van der Waals surface area contributed by atoms with E-state index in [9.17, 15) is 0 Å². The molecule has 8 bridgehead atoms. The number of hydrogen-bond acceptors (Lipinski definition) is 2. The fraction of sp³-hybridized carbons (Fsp3) is 0.353. The van der Waals surface area contributed by atoms with Crippen molar-refractivity contribution in [3.05, 3.63) is 176 Å². The SMILES string of the molecule is CC(C)c1cccc(C(C)C)c1C1=Cc2cc3ccc(cc4nc(cc5[nH]c(c(-c6c(C(C)C)cccc6C(C)C)c1n2)c(-c1c(C(C)C)cccc1C(C)C)c5-c1c(C(C)C)cccc1C(C)C)C=C4)[nH]3.[Zn]. The molecule has 4 nitrogen and oxygen atoms in total. The van der Waals surface area contributed by atoms with Crippen molar-refractivity contribution in [1.82, 2.24) is 19.9 Å². The molecule has 0 unspecified atom stereocenters. The van der Waals surface area contributed by atoms with Gasteiger partial charge in [-0.2, -0.15) is 0 Å². The quantitative estimate of drug-likeness (QED) is 0.120. The van der Waals surface area contributed by atoms with Crippen LogP contribution < -0.4 is 0 Å². The molecule has 2 N–H and O–H groups in total. The maximum atomic E-state index is 6.03. The average Bonchev–Trinajstić information content (AvgIpc) is 4.15. The number of rotatable bonds is 12. The van der Waals surface area contributed by atoms with Crippen LogP contribution in [0.4, 0.5) is 0 Å². The van der Waals surface area contributed by atoms with Crippen molar-refractivity contribution in [2.75, 3.05) is 0 Å². The first-order valence-electron chi connectivity index (χ1n) is 27.0. The van der Waals surface area contributed by atoms with Crippen molar-refractivity contribution in [2.24, 2.45) is 0 Å². The fourth-order valence-electron chi connectivity index (χ4n) is 11.6.